The summed E-state index contributed by atoms with van der Waals surface area (Å²) >= 11 is 0. The van der Waals surface area contributed by atoms with Crippen LogP contribution in [0.1, 0.15) is 11.1 Å². The van der Waals surface area contributed by atoms with E-state index in [1.54, 1.807) is 31.4 Å². The van der Waals surface area contributed by atoms with E-state index in [1.165, 1.54) is 0 Å². The molecular weight excluding hydrogens is 402 g/mol. The van der Waals surface area contributed by atoms with Gasteiger partial charge in [-0.1, -0.05) is 24.3 Å². The van der Waals surface area contributed by atoms with E-state index in [1.807, 2.05) is 47.5 Å². The van der Waals surface area contributed by atoms with Crippen molar-refractivity contribution in [2.75, 3.05) is 19.4 Å². The molecule has 5 rings (SSSR count). The van der Waals surface area contributed by atoms with Crippen LogP contribution in [0.2, 0.25) is 0 Å². The predicted molar refractivity (Wildman–Crippen MR) is 123 cm³/mol. The van der Waals surface area contributed by atoms with Crippen molar-refractivity contribution in [1.82, 2.24) is 30.0 Å². The molecular formula is C24H23N7O. The van der Waals surface area contributed by atoms with Crippen molar-refractivity contribution in [3.05, 3.63) is 78.2 Å². The molecule has 2 amide bonds. The summed E-state index contributed by atoms with van der Waals surface area (Å²) in [5.41, 5.74) is 6.30. The maximum Gasteiger partial charge on any atom is 0.320 e. The van der Waals surface area contributed by atoms with Crippen LogP contribution < -0.4 is 5.32 Å². The molecule has 1 aliphatic rings. The summed E-state index contributed by atoms with van der Waals surface area (Å²) < 4.78 is 0. The molecule has 160 valence electrons. The normalized spacial score (nSPS) is 12.5. The van der Waals surface area contributed by atoms with Crippen LogP contribution in [-0.2, 0) is 13.1 Å². The lowest BCUT2D eigenvalue weighted by Crippen LogP contribution is -2.35. The second-order valence-corrected chi connectivity index (χ2v) is 7.97. The molecule has 8 nitrogen and oxygen atoms in total. The van der Waals surface area contributed by atoms with E-state index in [4.69, 9.17) is 4.98 Å². The molecule has 0 bridgehead atoms. The number of hydrogen-bond acceptors (Lipinski definition) is 5. The Morgan fingerprint density at radius 2 is 1.78 bits per heavy atom. The van der Waals surface area contributed by atoms with Crippen molar-refractivity contribution in [1.29, 1.82) is 0 Å². The Labute approximate surface area is 185 Å². The van der Waals surface area contributed by atoms with Gasteiger partial charge in [-0.25, -0.2) is 14.8 Å². The van der Waals surface area contributed by atoms with Gasteiger partial charge in [0.25, 0.3) is 0 Å². The molecule has 0 radical (unpaired) electrons. The highest BCUT2D eigenvalue weighted by Gasteiger charge is 2.24. The van der Waals surface area contributed by atoms with E-state index < -0.39 is 0 Å². The number of H-pyrrole nitrogens is 1. The SMILES string of the molecule is CN(C)C(=O)N1Cc2ccc(-c3nccc(Nc4ccc(-c5cn[nH]c5)cc4)n3)cc2C1. The molecule has 2 aromatic carbocycles. The summed E-state index contributed by atoms with van der Waals surface area (Å²) in [6.45, 7) is 1.23. The summed E-state index contributed by atoms with van der Waals surface area (Å²) in [6.07, 6.45) is 5.41. The molecule has 0 fully saturated rings. The number of urea groups is 1. The molecule has 0 aliphatic carbocycles. The maximum absolute atomic E-state index is 12.3. The number of nitrogens with one attached hydrogen (secondary N) is 2. The van der Waals surface area contributed by atoms with Gasteiger partial charge in [-0.2, -0.15) is 5.10 Å². The Hall–Kier alpha value is -4.20. The lowest BCUT2D eigenvalue weighted by molar-refractivity contribution is 0.171. The van der Waals surface area contributed by atoms with Gasteiger partial charge in [0.1, 0.15) is 5.82 Å². The van der Waals surface area contributed by atoms with Crippen molar-refractivity contribution >= 4 is 17.5 Å². The largest absolute Gasteiger partial charge is 0.340 e. The van der Waals surface area contributed by atoms with E-state index in [2.05, 4.69) is 32.6 Å². The molecule has 1 aliphatic heterocycles. The quantitative estimate of drug-likeness (QED) is 0.510. The summed E-state index contributed by atoms with van der Waals surface area (Å²) in [5.74, 6) is 1.36. The highest BCUT2D eigenvalue weighted by molar-refractivity contribution is 5.75. The smallest absolute Gasteiger partial charge is 0.320 e. The standard InChI is InChI=1S/C24H23N7O/c1-30(2)24(32)31-14-18-4-3-17(11-19(18)15-31)23-25-10-9-22(29-23)28-21-7-5-16(6-8-21)20-12-26-27-13-20/h3-13H,14-15H2,1-2H3,(H,26,27)(H,25,28,29). The number of carbonyl (C=O) groups excluding carboxylic acids is 1. The number of amides is 2. The second kappa shape index (κ2) is 8.14. The van der Waals surface area contributed by atoms with E-state index in [0.29, 0.717) is 18.9 Å². The fourth-order valence-corrected chi connectivity index (χ4v) is 3.82. The molecule has 2 N–H and O–H groups in total. The topological polar surface area (TPSA) is 90.0 Å². The average Bonchev–Trinajstić information content (AvgIpc) is 3.49. The number of benzene rings is 2. The van der Waals surface area contributed by atoms with E-state index in [9.17, 15) is 4.79 Å². The van der Waals surface area contributed by atoms with Crippen molar-refractivity contribution in [3.8, 4) is 22.5 Å². The third-order valence-corrected chi connectivity index (χ3v) is 5.48. The minimum atomic E-state index is 0.0176. The first kappa shape index (κ1) is 19.7. The van der Waals surface area contributed by atoms with Crippen LogP contribution >= 0.6 is 0 Å². The van der Waals surface area contributed by atoms with Gasteiger partial charge in [0, 0.05) is 56.4 Å². The zero-order valence-electron chi connectivity index (χ0n) is 17.9. The van der Waals surface area contributed by atoms with Gasteiger partial charge in [0.05, 0.1) is 6.20 Å². The number of aromatic nitrogens is 4. The minimum absolute atomic E-state index is 0.0176. The number of nitrogens with zero attached hydrogens (tertiary/aromatic N) is 5. The molecule has 32 heavy (non-hydrogen) atoms. The fraction of sp³-hybridized carbons (Fsp3) is 0.167. The van der Waals surface area contributed by atoms with E-state index in [0.717, 1.165) is 39.3 Å². The van der Waals surface area contributed by atoms with E-state index >= 15 is 0 Å². The minimum Gasteiger partial charge on any atom is -0.340 e. The Morgan fingerprint density at radius 3 is 2.53 bits per heavy atom. The van der Waals surface area contributed by atoms with Crippen molar-refractivity contribution in [3.63, 3.8) is 0 Å². The Bertz CT molecular complexity index is 1250. The van der Waals surface area contributed by atoms with Crippen LogP contribution in [0, 0.1) is 0 Å². The van der Waals surface area contributed by atoms with Gasteiger partial charge < -0.3 is 15.1 Å². The lowest BCUT2D eigenvalue weighted by Gasteiger charge is -2.20. The van der Waals surface area contributed by atoms with Crippen LogP contribution in [0.25, 0.3) is 22.5 Å². The fourth-order valence-electron chi connectivity index (χ4n) is 3.82. The number of carbonyl (C=O) groups is 1. The monoisotopic (exact) mass is 425 g/mol. The van der Waals surface area contributed by atoms with Crippen molar-refractivity contribution in [2.24, 2.45) is 0 Å². The van der Waals surface area contributed by atoms with E-state index in [-0.39, 0.29) is 6.03 Å². The summed E-state index contributed by atoms with van der Waals surface area (Å²) in [5, 5.41) is 10.2. The zero-order valence-corrected chi connectivity index (χ0v) is 17.9. The molecule has 8 heteroatoms. The van der Waals surface area contributed by atoms with Gasteiger partial charge in [0.2, 0.25) is 0 Å². The summed E-state index contributed by atoms with van der Waals surface area (Å²) in [4.78, 5) is 24.9. The Morgan fingerprint density at radius 1 is 1.00 bits per heavy atom. The van der Waals surface area contributed by atoms with Crippen LogP contribution in [0.4, 0.5) is 16.3 Å². The average molecular weight is 425 g/mol. The third kappa shape index (κ3) is 3.90. The van der Waals surface area contributed by atoms with Crippen LogP contribution in [0.3, 0.4) is 0 Å². The number of aromatic amines is 1. The number of hydrogen-bond donors (Lipinski definition) is 2. The van der Waals surface area contributed by atoms with Crippen LogP contribution in [-0.4, -0.2) is 50.1 Å². The molecule has 4 aromatic rings. The van der Waals surface area contributed by atoms with Gasteiger partial charge in [0.15, 0.2) is 5.82 Å². The highest BCUT2D eigenvalue weighted by Crippen LogP contribution is 2.28. The maximum atomic E-state index is 12.3. The van der Waals surface area contributed by atoms with Gasteiger partial charge in [-0.05, 0) is 41.0 Å². The van der Waals surface area contributed by atoms with Crippen molar-refractivity contribution in [2.45, 2.75) is 13.1 Å². The molecule has 0 saturated carbocycles. The highest BCUT2D eigenvalue weighted by atomic mass is 16.2. The predicted octanol–water partition coefficient (Wildman–Crippen LogP) is 4.27. The first-order valence-electron chi connectivity index (χ1n) is 10.3. The zero-order chi connectivity index (χ0) is 22.1. The molecule has 3 heterocycles. The molecule has 0 saturated heterocycles. The molecule has 0 unspecified atom stereocenters. The van der Waals surface area contributed by atoms with Crippen LogP contribution in [0.15, 0.2) is 67.1 Å². The first-order valence-corrected chi connectivity index (χ1v) is 10.3. The molecule has 0 spiro atoms. The summed E-state index contributed by atoms with van der Waals surface area (Å²) in [7, 11) is 3.54. The van der Waals surface area contributed by atoms with Gasteiger partial charge in [-0.15, -0.1) is 0 Å². The number of fused-ring (bicyclic) bond motifs is 1. The Kier molecular flexibility index (Phi) is 5.03. The van der Waals surface area contributed by atoms with Gasteiger partial charge in [-0.3, -0.25) is 5.10 Å². The first-order chi connectivity index (χ1) is 15.6. The third-order valence-electron chi connectivity index (χ3n) is 5.48. The number of rotatable bonds is 4. The summed E-state index contributed by atoms with van der Waals surface area (Å²) in [6, 6.07) is 16.1. The van der Waals surface area contributed by atoms with Gasteiger partial charge >= 0.3 is 6.03 Å². The molecule has 0 atom stereocenters. The number of anilines is 2. The lowest BCUT2D eigenvalue weighted by atomic mass is 10.1. The molecule has 2 aromatic heterocycles. The second-order valence-electron chi connectivity index (χ2n) is 7.97. The van der Waals surface area contributed by atoms with Crippen molar-refractivity contribution < 1.29 is 4.79 Å². The van der Waals surface area contributed by atoms with Crippen LogP contribution in [0.5, 0.6) is 0 Å². The Balaban J connectivity index is 1.33.